The lowest BCUT2D eigenvalue weighted by molar-refractivity contribution is -0.758. The van der Waals surface area contributed by atoms with Crippen molar-refractivity contribution >= 4 is 39.3 Å². The SMILES string of the molecule is Cc1c(CC(=O)NCO[N+](=O)[O-])c2cc(OCc3ccc4ccccc4n3)ccc2n1Cc1ccc(Cl)cc1. The fourth-order valence-electron chi connectivity index (χ4n) is 4.55. The molecule has 0 radical (unpaired) electrons. The van der Waals surface area contributed by atoms with Crippen molar-refractivity contribution in [3.05, 3.63) is 117 Å². The Balaban J connectivity index is 1.43. The second kappa shape index (κ2) is 11.4. The summed E-state index contributed by atoms with van der Waals surface area (Å²) in [4.78, 5) is 32.0. The van der Waals surface area contributed by atoms with Gasteiger partial charge >= 0.3 is 0 Å². The van der Waals surface area contributed by atoms with Gasteiger partial charge in [-0.3, -0.25) is 9.63 Å². The molecule has 0 atom stereocenters. The van der Waals surface area contributed by atoms with Gasteiger partial charge in [0.2, 0.25) is 5.91 Å². The molecule has 5 rings (SSSR count). The number of amides is 1. The van der Waals surface area contributed by atoms with E-state index in [1.807, 2.05) is 85.8 Å². The molecule has 0 aliphatic heterocycles. The third-order valence-electron chi connectivity index (χ3n) is 6.50. The van der Waals surface area contributed by atoms with E-state index in [4.69, 9.17) is 16.3 Å². The molecular formula is C29H25ClN4O5. The van der Waals surface area contributed by atoms with E-state index in [0.29, 0.717) is 17.3 Å². The predicted molar refractivity (Wildman–Crippen MR) is 148 cm³/mol. The van der Waals surface area contributed by atoms with Crippen LogP contribution in [0.15, 0.2) is 78.9 Å². The Kier molecular flexibility index (Phi) is 7.60. The summed E-state index contributed by atoms with van der Waals surface area (Å²) < 4.78 is 8.23. The average molecular weight is 545 g/mol. The highest BCUT2D eigenvalue weighted by molar-refractivity contribution is 6.30. The fourth-order valence-corrected chi connectivity index (χ4v) is 4.68. The fraction of sp³-hybridized carbons (Fsp3) is 0.172. The number of hydrogen-bond donors (Lipinski definition) is 1. The quantitative estimate of drug-likeness (QED) is 0.139. The van der Waals surface area contributed by atoms with Crippen molar-refractivity contribution in [3.63, 3.8) is 0 Å². The van der Waals surface area contributed by atoms with Gasteiger partial charge in [-0.2, -0.15) is 0 Å². The van der Waals surface area contributed by atoms with Gasteiger partial charge in [0, 0.05) is 33.6 Å². The first-order valence-corrected chi connectivity index (χ1v) is 12.6. The van der Waals surface area contributed by atoms with E-state index in [1.54, 1.807) is 0 Å². The molecule has 9 nitrogen and oxygen atoms in total. The van der Waals surface area contributed by atoms with Gasteiger partial charge in [-0.05, 0) is 60.5 Å². The summed E-state index contributed by atoms with van der Waals surface area (Å²) in [5.41, 5.74) is 5.39. The number of benzene rings is 3. The normalized spacial score (nSPS) is 11.0. The minimum Gasteiger partial charge on any atom is -0.487 e. The zero-order valence-electron chi connectivity index (χ0n) is 21.1. The number of carbonyl (C=O) groups excluding carboxylic acids is 1. The maximum atomic E-state index is 12.6. The van der Waals surface area contributed by atoms with Crippen LogP contribution in [0.25, 0.3) is 21.8 Å². The number of nitrogens with zero attached hydrogens (tertiary/aromatic N) is 3. The third kappa shape index (κ3) is 6.10. The summed E-state index contributed by atoms with van der Waals surface area (Å²) in [5.74, 6) is 0.247. The molecule has 0 unspecified atom stereocenters. The number of nitrogens with one attached hydrogen (secondary N) is 1. The van der Waals surface area contributed by atoms with Gasteiger partial charge < -0.3 is 14.6 Å². The van der Waals surface area contributed by atoms with Gasteiger partial charge in [-0.25, -0.2) is 4.98 Å². The second-order valence-electron chi connectivity index (χ2n) is 9.01. The summed E-state index contributed by atoms with van der Waals surface area (Å²) >= 11 is 6.06. The van der Waals surface area contributed by atoms with E-state index >= 15 is 0 Å². The first kappa shape index (κ1) is 26.0. The number of para-hydroxylation sites is 1. The molecule has 0 bridgehead atoms. The third-order valence-corrected chi connectivity index (χ3v) is 6.75. The van der Waals surface area contributed by atoms with Gasteiger partial charge in [-0.15, -0.1) is 10.1 Å². The molecule has 2 heterocycles. The van der Waals surface area contributed by atoms with Crippen LogP contribution in [0.3, 0.4) is 0 Å². The van der Waals surface area contributed by atoms with Crippen LogP contribution in [0.4, 0.5) is 0 Å². The number of pyridine rings is 1. The van der Waals surface area contributed by atoms with E-state index in [9.17, 15) is 14.9 Å². The van der Waals surface area contributed by atoms with Crippen LogP contribution in [0, 0.1) is 17.0 Å². The van der Waals surface area contributed by atoms with E-state index < -0.39 is 17.7 Å². The molecule has 3 aromatic carbocycles. The Morgan fingerprint density at radius 3 is 2.67 bits per heavy atom. The largest absolute Gasteiger partial charge is 0.487 e. The zero-order chi connectivity index (χ0) is 27.4. The van der Waals surface area contributed by atoms with Crippen LogP contribution < -0.4 is 10.1 Å². The van der Waals surface area contributed by atoms with Gasteiger partial charge in [0.1, 0.15) is 12.4 Å². The van der Waals surface area contributed by atoms with Gasteiger partial charge in [0.15, 0.2) is 6.73 Å². The van der Waals surface area contributed by atoms with Crippen LogP contribution in [0.5, 0.6) is 5.75 Å². The molecule has 198 valence electrons. The van der Waals surface area contributed by atoms with E-state index in [0.717, 1.165) is 44.3 Å². The summed E-state index contributed by atoms with van der Waals surface area (Å²) in [6.45, 7) is 2.30. The summed E-state index contributed by atoms with van der Waals surface area (Å²) in [7, 11) is 0. The van der Waals surface area contributed by atoms with Crippen molar-refractivity contribution < 1.29 is 19.5 Å². The topological polar surface area (TPSA) is 109 Å². The average Bonchev–Trinajstić information content (AvgIpc) is 3.18. The van der Waals surface area contributed by atoms with Gasteiger partial charge in [-0.1, -0.05) is 48.0 Å². The van der Waals surface area contributed by atoms with Crippen molar-refractivity contribution in [3.8, 4) is 5.75 Å². The lowest BCUT2D eigenvalue weighted by atomic mass is 10.1. The predicted octanol–water partition coefficient (Wildman–Crippen LogP) is 5.60. The monoisotopic (exact) mass is 544 g/mol. The number of rotatable bonds is 10. The number of halogens is 1. The molecule has 0 aliphatic carbocycles. The van der Waals surface area contributed by atoms with E-state index in [1.165, 1.54) is 0 Å². The van der Waals surface area contributed by atoms with Crippen LogP contribution in [-0.2, 0) is 29.2 Å². The van der Waals surface area contributed by atoms with Crippen molar-refractivity contribution in [2.24, 2.45) is 0 Å². The summed E-state index contributed by atoms with van der Waals surface area (Å²) in [6.07, 6.45) is 0.0205. The Hall–Kier alpha value is -4.63. The van der Waals surface area contributed by atoms with Crippen LogP contribution in [-0.4, -0.2) is 27.3 Å². The van der Waals surface area contributed by atoms with Crippen LogP contribution in [0.2, 0.25) is 5.02 Å². The Labute approximate surface area is 229 Å². The maximum Gasteiger partial charge on any atom is 0.296 e. The molecule has 0 aliphatic rings. The molecule has 1 amide bonds. The first-order valence-electron chi connectivity index (χ1n) is 12.2. The summed E-state index contributed by atoms with van der Waals surface area (Å²) in [5, 5.41) is 14.5. The first-order chi connectivity index (χ1) is 18.9. The standard InChI is InChI=1S/C29H25ClN4O5/c1-19-25(15-29(35)31-18-39-34(36)37)26-14-24(38-17-23-11-8-21-4-2-3-5-27(21)32-23)12-13-28(26)33(19)16-20-6-9-22(30)10-7-20/h2-14H,15-18H2,1H3,(H,31,35). The van der Waals surface area contributed by atoms with Crippen LogP contribution in [0.1, 0.15) is 22.5 Å². The molecule has 0 saturated carbocycles. The van der Waals surface area contributed by atoms with Crippen molar-refractivity contribution in [2.45, 2.75) is 26.5 Å². The molecule has 5 aromatic rings. The highest BCUT2D eigenvalue weighted by Crippen LogP contribution is 2.31. The number of carbonyl (C=O) groups is 1. The van der Waals surface area contributed by atoms with E-state index in [-0.39, 0.29) is 13.0 Å². The number of hydrogen-bond acceptors (Lipinski definition) is 6. The number of fused-ring (bicyclic) bond motifs is 2. The van der Waals surface area contributed by atoms with Crippen molar-refractivity contribution in [1.29, 1.82) is 0 Å². The molecule has 0 saturated heterocycles. The van der Waals surface area contributed by atoms with Crippen molar-refractivity contribution in [1.82, 2.24) is 14.9 Å². The summed E-state index contributed by atoms with van der Waals surface area (Å²) in [6, 6.07) is 25.3. The van der Waals surface area contributed by atoms with Gasteiger partial charge in [0.05, 0.1) is 17.6 Å². The number of aromatic nitrogens is 2. The highest BCUT2D eigenvalue weighted by Gasteiger charge is 2.18. The Bertz CT molecular complexity index is 1670. The van der Waals surface area contributed by atoms with E-state index in [2.05, 4.69) is 19.7 Å². The minimum atomic E-state index is -0.947. The molecule has 39 heavy (non-hydrogen) atoms. The molecule has 1 N–H and O–H groups in total. The lowest BCUT2D eigenvalue weighted by Gasteiger charge is -2.10. The molecule has 2 aromatic heterocycles. The Morgan fingerprint density at radius 2 is 1.87 bits per heavy atom. The molecular weight excluding hydrogens is 520 g/mol. The molecule has 0 spiro atoms. The van der Waals surface area contributed by atoms with Crippen LogP contribution >= 0.6 is 11.6 Å². The lowest BCUT2D eigenvalue weighted by Crippen LogP contribution is -2.29. The molecule has 10 heteroatoms. The Morgan fingerprint density at radius 1 is 1.08 bits per heavy atom. The zero-order valence-corrected chi connectivity index (χ0v) is 21.9. The second-order valence-corrected chi connectivity index (χ2v) is 9.45. The van der Waals surface area contributed by atoms with Crippen molar-refractivity contribution in [2.75, 3.05) is 6.73 Å². The van der Waals surface area contributed by atoms with Gasteiger partial charge in [0.25, 0.3) is 5.09 Å². The number of ether oxygens (including phenoxy) is 1. The molecule has 0 fully saturated rings. The maximum absolute atomic E-state index is 12.6. The highest BCUT2D eigenvalue weighted by atomic mass is 35.5. The minimum absolute atomic E-state index is 0.0205. The smallest absolute Gasteiger partial charge is 0.296 e.